The molecular formula is C84H52N4OS. The van der Waals surface area contributed by atoms with E-state index < -0.39 is 0 Å². The van der Waals surface area contributed by atoms with E-state index in [9.17, 15) is 0 Å². The second-order valence-electron chi connectivity index (χ2n) is 22.8. The number of hydrogen-bond acceptors (Lipinski definition) is 6. The molecular weight excluding hydrogens is 1110 g/mol. The SMILES string of the molecule is c1ccc(-c2cc(-c3ccc4ccccc4c3)nc3c2ccc2c(-c4ccccc4)cc(-c4ccc5ccccc5c4)nc23)cc1.c1ccc(-c2ccc(-c3ccc4oc5c(-c6cccc(-c7cccc8c7sc7ccccc78)c6)ncnc5c4c3)cc2)cc1. The Hall–Kier alpha value is -11.7. The Morgan fingerprint density at radius 2 is 0.756 bits per heavy atom. The molecule has 0 atom stereocenters. The van der Waals surface area contributed by atoms with Crippen LogP contribution in [0, 0.1) is 0 Å². The maximum Gasteiger partial charge on any atom is 0.180 e. The molecule has 0 fully saturated rings. The zero-order chi connectivity index (χ0) is 59.5. The number of aromatic nitrogens is 4. The number of nitrogens with zero attached hydrogens (tertiary/aromatic N) is 4. The van der Waals surface area contributed by atoms with Crippen molar-refractivity contribution in [2.24, 2.45) is 0 Å². The normalized spacial score (nSPS) is 11.6. The molecule has 0 saturated carbocycles. The van der Waals surface area contributed by atoms with E-state index in [1.54, 1.807) is 6.33 Å². The predicted molar refractivity (Wildman–Crippen MR) is 378 cm³/mol. The van der Waals surface area contributed by atoms with E-state index >= 15 is 0 Å². The molecule has 0 amide bonds. The summed E-state index contributed by atoms with van der Waals surface area (Å²) >= 11 is 1.85. The van der Waals surface area contributed by atoms with Gasteiger partial charge >= 0.3 is 0 Å². The molecule has 0 saturated heterocycles. The quantitative estimate of drug-likeness (QED) is 0.142. The second-order valence-corrected chi connectivity index (χ2v) is 23.9. The van der Waals surface area contributed by atoms with Crippen LogP contribution in [0.2, 0.25) is 0 Å². The van der Waals surface area contributed by atoms with Gasteiger partial charge in [-0.1, -0.05) is 261 Å². The Kier molecular flexibility index (Phi) is 13.0. The molecule has 13 aromatic carbocycles. The minimum absolute atomic E-state index is 0.705. The summed E-state index contributed by atoms with van der Waals surface area (Å²) in [5.41, 5.74) is 21.7. The zero-order valence-corrected chi connectivity index (χ0v) is 49.4. The summed E-state index contributed by atoms with van der Waals surface area (Å²) < 4.78 is 9.04. The number of pyridine rings is 2. The van der Waals surface area contributed by atoms with Crippen molar-refractivity contribution in [3.8, 4) is 89.4 Å². The summed E-state index contributed by atoms with van der Waals surface area (Å²) in [6, 6.07) is 110. The van der Waals surface area contributed by atoms with E-state index in [0.717, 1.165) is 111 Å². The fraction of sp³-hybridized carbons (Fsp3) is 0. The van der Waals surface area contributed by atoms with Gasteiger partial charge in [-0.3, -0.25) is 0 Å². The van der Waals surface area contributed by atoms with Crippen LogP contribution in [0.25, 0.3) is 175 Å². The van der Waals surface area contributed by atoms with Crippen molar-refractivity contribution in [1.82, 2.24) is 19.9 Å². The summed E-state index contributed by atoms with van der Waals surface area (Å²) in [7, 11) is 0. The molecule has 0 N–H and O–H groups in total. The van der Waals surface area contributed by atoms with Gasteiger partial charge in [-0.15, -0.1) is 11.3 Å². The standard InChI is InChI=1S/C44H28N2.C40H24N2OS/c1-3-13-31(14-4-1)39-27-41(35-21-19-29-11-7-9-17-33(29)25-35)45-43-37(39)23-24-38-40(32-15-5-2-6-16-32)28-42(46-44(38)43)36-22-20-30-12-8-10-18-34(30)26-36;1-2-8-25(9-3-1)26-16-18-27(19-17-26)28-20-21-35-34(23-28)38-39(43-35)37(41-24-42-38)30-11-6-10-29(22-30)31-13-7-14-33-32-12-4-5-15-36(32)44-40(31)33/h1-28H;1-24H. The zero-order valence-electron chi connectivity index (χ0n) is 48.6. The Balaban J connectivity index is 0.000000139. The first kappa shape index (κ1) is 52.6. The largest absolute Gasteiger partial charge is 0.452 e. The molecule has 0 bridgehead atoms. The lowest BCUT2D eigenvalue weighted by molar-refractivity contribution is 0.667. The van der Waals surface area contributed by atoms with Crippen molar-refractivity contribution in [1.29, 1.82) is 0 Å². The van der Waals surface area contributed by atoms with Crippen LogP contribution in [0.5, 0.6) is 0 Å². The number of benzene rings is 13. The summed E-state index contributed by atoms with van der Waals surface area (Å²) in [6.45, 7) is 0. The van der Waals surface area contributed by atoms with Crippen molar-refractivity contribution >= 4 is 96.9 Å². The van der Waals surface area contributed by atoms with Crippen LogP contribution in [-0.4, -0.2) is 19.9 Å². The maximum absolute atomic E-state index is 6.44. The Labute approximate surface area is 523 Å². The van der Waals surface area contributed by atoms with Crippen LogP contribution >= 0.6 is 11.3 Å². The number of hydrogen-bond donors (Lipinski definition) is 0. The number of rotatable bonds is 8. The molecule has 0 aliphatic heterocycles. The van der Waals surface area contributed by atoms with Crippen molar-refractivity contribution in [2.75, 3.05) is 0 Å². The highest BCUT2D eigenvalue weighted by molar-refractivity contribution is 7.26. The third-order valence-electron chi connectivity index (χ3n) is 17.4. The van der Waals surface area contributed by atoms with Crippen molar-refractivity contribution in [2.45, 2.75) is 0 Å². The highest BCUT2D eigenvalue weighted by Gasteiger charge is 2.20. The molecule has 6 heteroatoms. The molecule has 5 aromatic heterocycles. The van der Waals surface area contributed by atoms with Crippen LogP contribution in [0.4, 0.5) is 0 Å². The molecule has 5 nitrogen and oxygen atoms in total. The number of thiophene rings is 1. The average Bonchev–Trinajstić information content (AvgIpc) is 1.08. The number of furan rings is 1. The molecule has 5 heterocycles. The van der Waals surface area contributed by atoms with E-state index in [1.807, 2.05) is 23.5 Å². The lowest BCUT2D eigenvalue weighted by Crippen LogP contribution is -1.95. The van der Waals surface area contributed by atoms with Gasteiger partial charge in [0.05, 0.1) is 22.4 Å². The van der Waals surface area contributed by atoms with Gasteiger partial charge in [0.1, 0.15) is 23.1 Å². The van der Waals surface area contributed by atoms with Crippen LogP contribution in [0.1, 0.15) is 0 Å². The molecule has 18 rings (SSSR count). The van der Waals surface area contributed by atoms with E-state index in [1.165, 1.54) is 58.4 Å². The van der Waals surface area contributed by atoms with Gasteiger partial charge in [0.2, 0.25) is 0 Å². The fourth-order valence-electron chi connectivity index (χ4n) is 12.9. The van der Waals surface area contributed by atoms with Crippen molar-refractivity contribution in [3.63, 3.8) is 0 Å². The van der Waals surface area contributed by atoms with Gasteiger partial charge in [0.15, 0.2) is 5.58 Å². The first-order valence-electron chi connectivity index (χ1n) is 30.3. The molecule has 0 radical (unpaired) electrons. The van der Waals surface area contributed by atoms with E-state index in [0.29, 0.717) is 5.58 Å². The summed E-state index contributed by atoms with van der Waals surface area (Å²) in [6.07, 6.45) is 1.65. The van der Waals surface area contributed by atoms with Crippen LogP contribution in [0.15, 0.2) is 320 Å². The van der Waals surface area contributed by atoms with Gasteiger partial charge in [-0.05, 0) is 126 Å². The second kappa shape index (κ2) is 22.2. The average molecular weight is 1170 g/mol. The van der Waals surface area contributed by atoms with E-state index in [-0.39, 0.29) is 0 Å². The van der Waals surface area contributed by atoms with Crippen LogP contribution < -0.4 is 0 Å². The van der Waals surface area contributed by atoms with E-state index in [4.69, 9.17) is 19.4 Å². The molecule has 18 aromatic rings. The highest BCUT2D eigenvalue weighted by Crippen LogP contribution is 2.44. The predicted octanol–water partition coefficient (Wildman–Crippen LogP) is 23.2. The first-order chi connectivity index (χ1) is 44.6. The minimum Gasteiger partial charge on any atom is -0.452 e. The van der Waals surface area contributed by atoms with Gasteiger partial charge in [0.25, 0.3) is 0 Å². The Bertz CT molecular complexity index is 5600. The van der Waals surface area contributed by atoms with Crippen molar-refractivity contribution in [3.05, 3.63) is 316 Å². The molecule has 0 unspecified atom stereocenters. The lowest BCUT2D eigenvalue weighted by Gasteiger charge is -2.16. The number of fused-ring (bicyclic) bond motifs is 11. The van der Waals surface area contributed by atoms with Crippen molar-refractivity contribution < 1.29 is 4.42 Å². The Morgan fingerprint density at radius 1 is 0.267 bits per heavy atom. The third kappa shape index (κ3) is 9.51. The molecule has 90 heavy (non-hydrogen) atoms. The lowest BCUT2D eigenvalue weighted by atomic mass is 9.93. The van der Waals surface area contributed by atoms with Gasteiger partial charge < -0.3 is 4.42 Å². The first-order valence-corrected chi connectivity index (χ1v) is 31.1. The topological polar surface area (TPSA) is 64.7 Å². The van der Waals surface area contributed by atoms with Crippen LogP contribution in [-0.2, 0) is 0 Å². The molecule has 420 valence electrons. The van der Waals surface area contributed by atoms with Gasteiger partial charge in [-0.25, -0.2) is 19.9 Å². The van der Waals surface area contributed by atoms with Gasteiger partial charge in [0, 0.05) is 53.0 Å². The summed E-state index contributed by atoms with van der Waals surface area (Å²) in [5.74, 6) is 0. The third-order valence-corrected chi connectivity index (χ3v) is 18.7. The molecule has 0 aliphatic rings. The van der Waals surface area contributed by atoms with Crippen LogP contribution in [0.3, 0.4) is 0 Å². The minimum atomic E-state index is 0.705. The summed E-state index contributed by atoms with van der Waals surface area (Å²) in [5, 5.41) is 10.6. The van der Waals surface area contributed by atoms with Gasteiger partial charge in [-0.2, -0.15) is 0 Å². The maximum atomic E-state index is 6.44. The Morgan fingerprint density at radius 3 is 1.39 bits per heavy atom. The molecule has 0 spiro atoms. The highest BCUT2D eigenvalue weighted by atomic mass is 32.1. The smallest absolute Gasteiger partial charge is 0.180 e. The monoisotopic (exact) mass is 1160 g/mol. The summed E-state index contributed by atoms with van der Waals surface area (Å²) in [4.78, 5) is 20.3. The van der Waals surface area contributed by atoms with E-state index in [2.05, 4.69) is 302 Å². The fourth-order valence-corrected chi connectivity index (χ4v) is 14.2. The molecule has 0 aliphatic carbocycles.